The summed E-state index contributed by atoms with van der Waals surface area (Å²) in [6.07, 6.45) is 2.12. The lowest BCUT2D eigenvalue weighted by atomic mass is 9.93. The molecule has 0 aromatic heterocycles. The van der Waals surface area contributed by atoms with Crippen LogP contribution in [0.15, 0.2) is 59.1 Å². The van der Waals surface area contributed by atoms with Crippen LogP contribution in [0.5, 0.6) is 0 Å². The fourth-order valence-corrected chi connectivity index (χ4v) is 3.17. The van der Waals surface area contributed by atoms with Crippen LogP contribution < -0.4 is 10.6 Å². The van der Waals surface area contributed by atoms with E-state index in [0.29, 0.717) is 31.5 Å². The molecule has 2 rings (SSSR count). The van der Waals surface area contributed by atoms with Gasteiger partial charge in [0.2, 0.25) is 5.91 Å². The van der Waals surface area contributed by atoms with Crippen molar-refractivity contribution >= 4 is 27.7 Å². The first-order valence-corrected chi connectivity index (χ1v) is 9.75. The van der Waals surface area contributed by atoms with E-state index in [4.69, 9.17) is 0 Å². The molecule has 0 aliphatic carbocycles. The van der Waals surface area contributed by atoms with Crippen LogP contribution in [0.25, 0.3) is 0 Å². The molecule has 1 unspecified atom stereocenters. The van der Waals surface area contributed by atoms with Gasteiger partial charge in [-0.15, -0.1) is 0 Å². The molecule has 0 saturated carbocycles. The van der Waals surface area contributed by atoms with Gasteiger partial charge in [-0.2, -0.15) is 0 Å². The highest BCUT2D eigenvalue weighted by Gasteiger charge is 2.13. The number of carbonyl (C=O) groups excluding carboxylic acids is 2. The minimum atomic E-state index is -0.104. The van der Waals surface area contributed by atoms with Crippen LogP contribution in [0, 0.1) is 0 Å². The minimum Gasteiger partial charge on any atom is -0.356 e. The van der Waals surface area contributed by atoms with Gasteiger partial charge in [0.05, 0.1) is 0 Å². The average Bonchev–Trinajstić information content (AvgIpc) is 2.66. The van der Waals surface area contributed by atoms with Crippen molar-refractivity contribution in [2.45, 2.75) is 32.1 Å². The molecule has 4 nitrogen and oxygen atoms in total. The Labute approximate surface area is 163 Å². The van der Waals surface area contributed by atoms with Gasteiger partial charge in [0.15, 0.2) is 0 Å². The normalized spacial score (nSPS) is 11.6. The molecule has 0 radical (unpaired) electrons. The van der Waals surface area contributed by atoms with Crippen molar-refractivity contribution in [2.24, 2.45) is 0 Å². The van der Waals surface area contributed by atoms with Crippen LogP contribution in [0.1, 0.15) is 48.0 Å². The fourth-order valence-electron chi connectivity index (χ4n) is 2.77. The molecule has 0 saturated heterocycles. The molecular weight excluding hydrogens is 392 g/mol. The molecule has 0 fully saturated rings. The third-order valence-electron chi connectivity index (χ3n) is 4.24. The van der Waals surface area contributed by atoms with E-state index < -0.39 is 0 Å². The zero-order valence-corrected chi connectivity index (χ0v) is 16.6. The summed E-state index contributed by atoms with van der Waals surface area (Å²) in [5.74, 6) is 0.194. The first-order valence-electron chi connectivity index (χ1n) is 8.95. The summed E-state index contributed by atoms with van der Waals surface area (Å²) in [7, 11) is 0. The topological polar surface area (TPSA) is 58.2 Å². The second-order valence-electron chi connectivity index (χ2n) is 6.19. The molecule has 0 heterocycles. The molecule has 0 aliphatic heterocycles. The summed E-state index contributed by atoms with van der Waals surface area (Å²) >= 11 is 3.35. The van der Waals surface area contributed by atoms with Crippen molar-refractivity contribution in [3.05, 3.63) is 70.2 Å². The largest absolute Gasteiger partial charge is 0.356 e. The van der Waals surface area contributed by atoms with E-state index in [9.17, 15) is 9.59 Å². The maximum Gasteiger partial charge on any atom is 0.251 e. The minimum absolute atomic E-state index is 0.0546. The molecule has 138 valence electrons. The van der Waals surface area contributed by atoms with Crippen LogP contribution in [-0.4, -0.2) is 24.9 Å². The summed E-state index contributed by atoms with van der Waals surface area (Å²) in [5.41, 5.74) is 1.82. The first-order chi connectivity index (χ1) is 12.6. The number of carbonyl (C=O) groups is 2. The Morgan fingerprint density at radius 1 is 1.00 bits per heavy atom. The van der Waals surface area contributed by atoms with E-state index in [1.165, 1.54) is 5.56 Å². The van der Waals surface area contributed by atoms with Crippen LogP contribution in [-0.2, 0) is 4.79 Å². The highest BCUT2D eigenvalue weighted by atomic mass is 79.9. The van der Waals surface area contributed by atoms with Gasteiger partial charge < -0.3 is 10.6 Å². The second-order valence-corrected chi connectivity index (χ2v) is 7.11. The monoisotopic (exact) mass is 416 g/mol. The summed E-state index contributed by atoms with van der Waals surface area (Å²) in [6.45, 7) is 3.19. The molecule has 2 aromatic rings. The van der Waals surface area contributed by atoms with Crippen molar-refractivity contribution in [1.29, 1.82) is 0 Å². The van der Waals surface area contributed by atoms with E-state index in [2.05, 4.69) is 45.6 Å². The van der Waals surface area contributed by atoms with Crippen LogP contribution in [0.4, 0.5) is 0 Å². The third kappa shape index (κ3) is 6.64. The third-order valence-corrected chi connectivity index (χ3v) is 4.74. The van der Waals surface area contributed by atoms with Gasteiger partial charge in [-0.05, 0) is 42.5 Å². The van der Waals surface area contributed by atoms with Crippen molar-refractivity contribution in [1.82, 2.24) is 10.6 Å². The summed E-state index contributed by atoms with van der Waals surface area (Å²) < 4.78 is 0.876. The highest BCUT2D eigenvalue weighted by Crippen LogP contribution is 2.22. The number of rotatable bonds is 9. The number of halogens is 1. The van der Waals surface area contributed by atoms with E-state index in [-0.39, 0.29) is 17.7 Å². The molecule has 2 aromatic carbocycles. The van der Waals surface area contributed by atoms with E-state index in [1.54, 1.807) is 12.1 Å². The molecule has 26 heavy (non-hydrogen) atoms. The Morgan fingerprint density at radius 2 is 1.73 bits per heavy atom. The van der Waals surface area contributed by atoms with Crippen molar-refractivity contribution in [3.8, 4) is 0 Å². The van der Waals surface area contributed by atoms with Crippen molar-refractivity contribution in [3.63, 3.8) is 0 Å². The van der Waals surface area contributed by atoms with Crippen LogP contribution >= 0.6 is 15.9 Å². The molecule has 0 aliphatic rings. The molecule has 1 atom stereocenters. The van der Waals surface area contributed by atoms with E-state index in [1.807, 2.05) is 30.3 Å². The zero-order valence-electron chi connectivity index (χ0n) is 15.0. The van der Waals surface area contributed by atoms with Gasteiger partial charge in [-0.1, -0.05) is 59.3 Å². The number of amides is 2. The van der Waals surface area contributed by atoms with Gasteiger partial charge in [-0.3, -0.25) is 9.59 Å². The smallest absolute Gasteiger partial charge is 0.251 e. The zero-order chi connectivity index (χ0) is 18.8. The SMILES string of the molecule is CCC(CC(=O)NCCCNC(=O)c1cccc(Br)c1)c1ccccc1. The van der Waals surface area contributed by atoms with Gasteiger partial charge in [-0.25, -0.2) is 0 Å². The average molecular weight is 417 g/mol. The molecule has 0 bridgehead atoms. The van der Waals surface area contributed by atoms with Gasteiger partial charge in [0.25, 0.3) is 5.91 Å². The lowest BCUT2D eigenvalue weighted by molar-refractivity contribution is -0.121. The van der Waals surface area contributed by atoms with Gasteiger partial charge in [0.1, 0.15) is 0 Å². The van der Waals surface area contributed by atoms with Gasteiger partial charge in [0, 0.05) is 29.5 Å². The Bertz CT molecular complexity index is 719. The maximum atomic E-state index is 12.1. The Kier molecular flexibility index (Phi) is 8.35. The predicted molar refractivity (Wildman–Crippen MR) is 108 cm³/mol. The summed E-state index contributed by atoms with van der Waals surface area (Å²) in [6, 6.07) is 17.4. The number of hydrogen-bond acceptors (Lipinski definition) is 2. The fraction of sp³-hybridized carbons (Fsp3) is 0.333. The number of nitrogens with one attached hydrogen (secondary N) is 2. The Morgan fingerprint density at radius 3 is 2.42 bits per heavy atom. The number of hydrogen-bond donors (Lipinski definition) is 2. The predicted octanol–water partition coefficient (Wildman–Crippen LogP) is 4.27. The van der Waals surface area contributed by atoms with Crippen molar-refractivity contribution < 1.29 is 9.59 Å². The standard InChI is InChI=1S/C21H25BrN2O2/c1-2-16(17-8-4-3-5-9-17)15-20(25)23-12-7-13-24-21(26)18-10-6-11-19(22)14-18/h3-6,8-11,14,16H,2,7,12-13,15H2,1H3,(H,23,25)(H,24,26). The number of benzene rings is 2. The first kappa shape index (κ1) is 20.2. The molecule has 2 amide bonds. The quantitative estimate of drug-likeness (QED) is 0.599. The van der Waals surface area contributed by atoms with Crippen LogP contribution in [0.3, 0.4) is 0 Å². The van der Waals surface area contributed by atoms with Crippen LogP contribution in [0.2, 0.25) is 0 Å². The van der Waals surface area contributed by atoms with Crippen molar-refractivity contribution in [2.75, 3.05) is 13.1 Å². The molecule has 2 N–H and O–H groups in total. The molecule has 0 spiro atoms. The second kappa shape index (κ2) is 10.8. The maximum absolute atomic E-state index is 12.1. The summed E-state index contributed by atoms with van der Waals surface area (Å²) in [5, 5.41) is 5.81. The van der Waals surface area contributed by atoms with E-state index >= 15 is 0 Å². The lowest BCUT2D eigenvalue weighted by Gasteiger charge is -2.15. The summed E-state index contributed by atoms with van der Waals surface area (Å²) in [4.78, 5) is 24.2. The highest BCUT2D eigenvalue weighted by molar-refractivity contribution is 9.10. The Hall–Kier alpha value is -2.14. The molecular formula is C21H25BrN2O2. The van der Waals surface area contributed by atoms with E-state index in [0.717, 1.165) is 10.9 Å². The van der Waals surface area contributed by atoms with Gasteiger partial charge >= 0.3 is 0 Å². The lowest BCUT2D eigenvalue weighted by Crippen LogP contribution is -2.30. The molecule has 5 heteroatoms. The Balaban J connectivity index is 1.66.